The highest BCUT2D eigenvalue weighted by molar-refractivity contribution is 7.91. The van der Waals surface area contributed by atoms with Gasteiger partial charge >= 0.3 is 5.69 Å². The van der Waals surface area contributed by atoms with E-state index in [4.69, 9.17) is 0 Å². The van der Waals surface area contributed by atoms with Crippen molar-refractivity contribution in [1.29, 1.82) is 0 Å². The van der Waals surface area contributed by atoms with Crippen LogP contribution in [-0.4, -0.2) is 53.4 Å². The first kappa shape index (κ1) is 16.4. The summed E-state index contributed by atoms with van der Waals surface area (Å²) in [5, 5.41) is 0.316. The molecule has 1 atom stereocenters. The number of rotatable bonds is 3. The van der Waals surface area contributed by atoms with Gasteiger partial charge in [0.15, 0.2) is 9.84 Å². The SMILES string of the molecule is CN(C(=O)Cn1c(=O)[nH]c2ccccc2c1=O)[C@@H]1CCS(=O)(=O)C1. The number of amides is 1. The Labute approximate surface area is 137 Å². The normalized spacial score (nSPS) is 19.5. The van der Waals surface area contributed by atoms with Crippen LogP contribution >= 0.6 is 0 Å². The largest absolute Gasteiger partial charge is 0.340 e. The molecule has 2 aromatic rings. The zero-order chi connectivity index (χ0) is 17.5. The number of carbonyl (C=O) groups excluding carboxylic acids is 1. The Morgan fingerprint density at radius 1 is 1.33 bits per heavy atom. The summed E-state index contributed by atoms with van der Waals surface area (Å²) in [6.45, 7) is -0.425. The number of hydrogen-bond donors (Lipinski definition) is 1. The Bertz CT molecular complexity index is 1020. The first-order chi connectivity index (χ1) is 11.3. The Balaban J connectivity index is 1.88. The molecule has 0 saturated carbocycles. The molecule has 1 aliphatic rings. The fraction of sp³-hybridized carbons (Fsp3) is 0.400. The highest BCUT2D eigenvalue weighted by Gasteiger charge is 2.32. The molecule has 128 valence electrons. The van der Waals surface area contributed by atoms with Gasteiger partial charge in [0.2, 0.25) is 5.91 Å². The van der Waals surface area contributed by atoms with Crippen LogP contribution in [0.4, 0.5) is 0 Å². The first-order valence-corrected chi connectivity index (χ1v) is 9.28. The van der Waals surface area contributed by atoms with Gasteiger partial charge in [0.25, 0.3) is 5.56 Å². The maximum absolute atomic E-state index is 12.4. The summed E-state index contributed by atoms with van der Waals surface area (Å²) in [5.74, 6) is -0.510. The third kappa shape index (κ3) is 2.99. The molecule has 9 heteroatoms. The highest BCUT2D eigenvalue weighted by Crippen LogP contribution is 2.16. The number of carbonyl (C=O) groups is 1. The minimum absolute atomic E-state index is 0.0474. The van der Waals surface area contributed by atoms with Crippen LogP contribution in [0.3, 0.4) is 0 Å². The van der Waals surface area contributed by atoms with E-state index in [2.05, 4.69) is 4.98 Å². The summed E-state index contributed by atoms with van der Waals surface area (Å²) >= 11 is 0. The fourth-order valence-corrected chi connectivity index (χ4v) is 4.65. The van der Waals surface area contributed by atoms with Crippen LogP contribution in [0.2, 0.25) is 0 Å². The lowest BCUT2D eigenvalue weighted by Gasteiger charge is -2.23. The summed E-state index contributed by atoms with van der Waals surface area (Å²) in [6, 6.07) is 6.13. The number of aromatic amines is 1. The van der Waals surface area contributed by atoms with Crippen LogP contribution in [0.25, 0.3) is 10.9 Å². The van der Waals surface area contributed by atoms with Gasteiger partial charge in [0.1, 0.15) is 6.54 Å². The van der Waals surface area contributed by atoms with Gasteiger partial charge < -0.3 is 9.88 Å². The molecule has 0 unspecified atom stereocenters. The molecule has 24 heavy (non-hydrogen) atoms. The van der Waals surface area contributed by atoms with Crippen molar-refractivity contribution >= 4 is 26.6 Å². The number of nitrogens with one attached hydrogen (secondary N) is 1. The number of likely N-dealkylation sites (N-methyl/N-ethyl adjacent to an activating group) is 1. The van der Waals surface area contributed by atoms with Crippen LogP contribution in [-0.2, 0) is 21.2 Å². The van der Waals surface area contributed by atoms with E-state index >= 15 is 0 Å². The molecule has 1 saturated heterocycles. The van der Waals surface area contributed by atoms with E-state index in [1.807, 2.05) is 0 Å². The number of hydrogen-bond acceptors (Lipinski definition) is 5. The van der Waals surface area contributed by atoms with Crippen LogP contribution in [0.5, 0.6) is 0 Å². The molecule has 0 aliphatic carbocycles. The number of fused-ring (bicyclic) bond motifs is 1. The number of H-pyrrole nitrogens is 1. The standard InChI is InChI=1S/C15H17N3O5S/c1-17(10-6-7-24(22,23)9-10)13(19)8-18-14(20)11-4-2-3-5-12(11)16-15(18)21/h2-5,10H,6-9H2,1H3,(H,16,21)/t10-/m1/s1. The monoisotopic (exact) mass is 351 g/mol. The molecule has 1 fully saturated rings. The molecule has 2 heterocycles. The van der Waals surface area contributed by atoms with E-state index in [-0.39, 0.29) is 11.5 Å². The summed E-state index contributed by atoms with van der Waals surface area (Å²) in [6.07, 6.45) is 0.369. The Morgan fingerprint density at radius 2 is 2.04 bits per heavy atom. The molecule has 0 radical (unpaired) electrons. The summed E-state index contributed by atoms with van der Waals surface area (Å²) in [5.41, 5.74) is -0.805. The first-order valence-electron chi connectivity index (χ1n) is 7.46. The maximum Gasteiger partial charge on any atom is 0.329 e. The zero-order valence-electron chi connectivity index (χ0n) is 13.1. The van der Waals surface area contributed by atoms with E-state index in [9.17, 15) is 22.8 Å². The van der Waals surface area contributed by atoms with Crippen molar-refractivity contribution in [3.63, 3.8) is 0 Å². The quantitative estimate of drug-likeness (QED) is 0.789. The lowest BCUT2D eigenvalue weighted by Crippen LogP contribution is -2.44. The average molecular weight is 351 g/mol. The second kappa shape index (κ2) is 5.90. The molecular weight excluding hydrogens is 334 g/mol. The average Bonchev–Trinajstić information content (AvgIpc) is 2.90. The fourth-order valence-electron chi connectivity index (χ4n) is 2.87. The van der Waals surface area contributed by atoms with Crippen LogP contribution < -0.4 is 11.2 Å². The summed E-state index contributed by atoms with van der Waals surface area (Å²) in [7, 11) is -1.63. The van der Waals surface area contributed by atoms with E-state index < -0.39 is 39.6 Å². The summed E-state index contributed by atoms with van der Waals surface area (Å²) in [4.78, 5) is 40.7. The molecule has 0 spiro atoms. The van der Waals surface area contributed by atoms with Crippen molar-refractivity contribution in [1.82, 2.24) is 14.5 Å². The van der Waals surface area contributed by atoms with Crippen LogP contribution in [0, 0.1) is 0 Å². The molecule has 1 aromatic carbocycles. The molecule has 0 bridgehead atoms. The Kier molecular flexibility index (Phi) is 4.04. The molecule has 1 aliphatic heterocycles. The lowest BCUT2D eigenvalue weighted by atomic mass is 10.2. The predicted octanol–water partition coefficient (Wildman–Crippen LogP) is -0.665. The van der Waals surface area contributed by atoms with Crippen LogP contribution in [0.1, 0.15) is 6.42 Å². The smallest absolute Gasteiger partial charge is 0.329 e. The molecule has 1 N–H and O–H groups in total. The van der Waals surface area contributed by atoms with Crippen LogP contribution in [0.15, 0.2) is 33.9 Å². The van der Waals surface area contributed by atoms with Gasteiger partial charge in [-0.3, -0.25) is 14.2 Å². The van der Waals surface area contributed by atoms with Crippen molar-refractivity contribution in [2.75, 3.05) is 18.6 Å². The van der Waals surface area contributed by atoms with Gasteiger partial charge in [-0.2, -0.15) is 0 Å². The van der Waals surface area contributed by atoms with Crippen molar-refractivity contribution in [3.05, 3.63) is 45.1 Å². The van der Waals surface area contributed by atoms with Gasteiger partial charge in [-0.05, 0) is 18.6 Å². The van der Waals surface area contributed by atoms with Crippen molar-refractivity contribution in [2.24, 2.45) is 0 Å². The predicted molar refractivity (Wildman–Crippen MR) is 88.7 cm³/mol. The molecule has 1 amide bonds. The lowest BCUT2D eigenvalue weighted by molar-refractivity contribution is -0.132. The highest BCUT2D eigenvalue weighted by atomic mass is 32.2. The van der Waals surface area contributed by atoms with E-state index in [1.54, 1.807) is 24.3 Å². The molecular formula is C15H17N3O5S. The van der Waals surface area contributed by atoms with E-state index in [0.29, 0.717) is 17.3 Å². The summed E-state index contributed by atoms with van der Waals surface area (Å²) < 4.78 is 23.9. The topological polar surface area (TPSA) is 109 Å². The van der Waals surface area contributed by atoms with Crippen molar-refractivity contribution in [3.8, 4) is 0 Å². The van der Waals surface area contributed by atoms with Crippen molar-refractivity contribution < 1.29 is 13.2 Å². The van der Waals surface area contributed by atoms with Gasteiger partial charge in [-0.1, -0.05) is 12.1 Å². The molecule has 3 rings (SSSR count). The van der Waals surface area contributed by atoms with Gasteiger partial charge in [0, 0.05) is 13.1 Å². The van der Waals surface area contributed by atoms with Gasteiger partial charge in [0.05, 0.1) is 22.4 Å². The molecule has 8 nitrogen and oxygen atoms in total. The third-order valence-electron chi connectivity index (χ3n) is 4.33. The number of aromatic nitrogens is 2. The second-order valence-corrected chi connectivity index (χ2v) is 8.16. The molecule has 1 aromatic heterocycles. The number of sulfone groups is 1. The van der Waals surface area contributed by atoms with E-state index in [1.165, 1.54) is 11.9 Å². The number of para-hydroxylation sites is 1. The van der Waals surface area contributed by atoms with E-state index in [0.717, 1.165) is 4.57 Å². The number of benzene rings is 1. The Hall–Kier alpha value is -2.42. The second-order valence-electron chi connectivity index (χ2n) is 5.93. The minimum atomic E-state index is -3.12. The maximum atomic E-state index is 12.4. The third-order valence-corrected chi connectivity index (χ3v) is 6.08. The van der Waals surface area contributed by atoms with Crippen molar-refractivity contribution in [2.45, 2.75) is 19.0 Å². The number of nitrogens with zero attached hydrogens (tertiary/aromatic N) is 2. The van der Waals surface area contributed by atoms with Gasteiger partial charge in [-0.25, -0.2) is 13.2 Å². The minimum Gasteiger partial charge on any atom is -0.340 e. The zero-order valence-corrected chi connectivity index (χ0v) is 13.9. The van der Waals surface area contributed by atoms with Gasteiger partial charge in [-0.15, -0.1) is 0 Å². The Morgan fingerprint density at radius 3 is 2.71 bits per heavy atom.